The summed E-state index contributed by atoms with van der Waals surface area (Å²) < 4.78 is 38.7. The number of aromatic hydroxyl groups is 1. The van der Waals surface area contributed by atoms with Crippen molar-refractivity contribution in [3.05, 3.63) is 59.2 Å². The number of amides is 1. The molecule has 0 saturated carbocycles. The van der Waals surface area contributed by atoms with Crippen LogP contribution >= 0.6 is 12.4 Å². The molecule has 1 amide bonds. The van der Waals surface area contributed by atoms with Gasteiger partial charge in [-0.25, -0.2) is 0 Å². The minimum Gasteiger partial charge on any atom is -0.507 e. The van der Waals surface area contributed by atoms with Crippen molar-refractivity contribution in [1.29, 1.82) is 0 Å². The van der Waals surface area contributed by atoms with Crippen LogP contribution in [-0.4, -0.2) is 53.7 Å². The summed E-state index contributed by atoms with van der Waals surface area (Å²) in [6.45, 7) is 2.47. The summed E-state index contributed by atoms with van der Waals surface area (Å²) in [5, 5.41) is 20.1. The third kappa shape index (κ3) is 5.56. The SMILES string of the molecule is Cl.NC(=O)c1cc(C(O)CN2CCN(c3cccc(C(F)(F)F)c3)CC2)ccc1O. The Kier molecular flexibility index (Phi) is 7.57. The van der Waals surface area contributed by atoms with Gasteiger partial charge in [-0.1, -0.05) is 12.1 Å². The summed E-state index contributed by atoms with van der Waals surface area (Å²) in [6, 6.07) is 9.44. The van der Waals surface area contributed by atoms with Crippen molar-refractivity contribution in [2.75, 3.05) is 37.6 Å². The molecule has 2 aromatic carbocycles. The van der Waals surface area contributed by atoms with E-state index in [2.05, 4.69) is 0 Å². The lowest BCUT2D eigenvalue weighted by atomic mass is 10.0. The highest BCUT2D eigenvalue weighted by molar-refractivity contribution is 5.95. The molecule has 6 nitrogen and oxygen atoms in total. The molecule has 3 rings (SSSR count). The number of piperazine rings is 1. The monoisotopic (exact) mass is 445 g/mol. The van der Waals surface area contributed by atoms with Gasteiger partial charge < -0.3 is 20.8 Å². The second kappa shape index (κ2) is 9.55. The molecule has 0 radical (unpaired) electrons. The third-order valence-corrected chi connectivity index (χ3v) is 5.01. The predicted molar refractivity (Wildman–Crippen MR) is 109 cm³/mol. The first-order valence-electron chi connectivity index (χ1n) is 9.10. The van der Waals surface area contributed by atoms with Crippen LogP contribution in [0.5, 0.6) is 5.75 Å². The molecule has 0 bridgehead atoms. The number of nitrogens with two attached hydrogens (primary N) is 1. The van der Waals surface area contributed by atoms with Gasteiger partial charge in [0.2, 0.25) is 0 Å². The second-order valence-electron chi connectivity index (χ2n) is 6.99. The largest absolute Gasteiger partial charge is 0.507 e. The van der Waals surface area contributed by atoms with Crippen molar-refractivity contribution >= 4 is 24.0 Å². The Bertz CT molecular complexity index is 887. The molecule has 1 saturated heterocycles. The lowest BCUT2D eigenvalue weighted by molar-refractivity contribution is -0.137. The first kappa shape index (κ1) is 23.8. The van der Waals surface area contributed by atoms with Crippen molar-refractivity contribution in [3.8, 4) is 5.75 Å². The van der Waals surface area contributed by atoms with Gasteiger partial charge in [0.1, 0.15) is 5.75 Å². The van der Waals surface area contributed by atoms with E-state index in [1.165, 1.54) is 24.3 Å². The van der Waals surface area contributed by atoms with Crippen molar-refractivity contribution < 1.29 is 28.2 Å². The van der Waals surface area contributed by atoms with Gasteiger partial charge in [-0.05, 0) is 35.9 Å². The predicted octanol–water partition coefficient (Wildman–Crippen LogP) is 2.79. The van der Waals surface area contributed by atoms with Gasteiger partial charge in [0, 0.05) is 38.4 Å². The quantitative estimate of drug-likeness (QED) is 0.658. The normalized spacial score (nSPS) is 16.1. The molecule has 1 aliphatic rings. The van der Waals surface area contributed by atoms with Crippen LogP contribution in [0, 0.1) is 0 Å². The molecule has 30 heavy (non-hydrogen) atoms. The van der Waals surface area contributed by atoms with E-state index in [0.29, 0.717) is 44.0 Å². The van der Waals surface area contributed by atoms with Crippen LogP contribution in [0.2, 0.25) is 0 Å². The second-order valence-corrected chi connectivity index (χ2v) is 6.99. The van der Waals surface area contributed by atoms with E-state index in [4.69, 9.17) is 5.73 Å². The number of anilines is 1. The number of rotatable bonds is 5. The number of β-amino-alcohol motifs (C(OH)–C–C–N with tert-alkyl or cyclic N) is 1. The number of benzene rings is 2. The van der Waals surface area contributed by atoms with Crippen LogP contribution in [0.1, 0.15) is 27.6 Å². The number of aliphatic hydroxyl groups is 1. The van der Waals surface area contributed by atoms with Gasteiger partial charge in [0.15, 0.2) is 0 Å². The fourth-order valence-corrected chi connectivity index (χ4v) is 3.38. The number of aliphatic hydroxyl groups excluding tert-OH is 1. The zero-order valence-electron chi connectivity index (χ0n) is 16.0. The molecule has 10 heteroatoms. The fraction of sp³-hybridized carbons (Fsp3) is 0.350. The maximum Gasteiger partial charge on any atom is 0.416 e. The number of nitrogens with zero attached hydrogens (tertiary/aromatic N) is 2. The van der Waals surface area contributed by atoms with E-state index in [1.807, 2.05) is 9.80 Å². The molecule has 1 fully saturated rings. The molecule has 4 N–H and O–H groups in total. The van der Waals surface area contributed by atoms with Crippen LogP contribution in [-0.2, 0) is 6.18 Å². The van der Waals surface area contributed by atoms with Crippen LogP contribution in [0.15, 0.2) is 42.5 Å². The number of carbonyl (C=O) groups excluding carboxylic acids is 1. The number of primary amides is 1. The van der Waals surface area contributed by atoms with Gasteiger partial charge >= 0.3 is 6.18 Å². The molecule has 1 unspecified atom stereocenters. The van der Waals surface area contributed by atoms with Gasteiger partial charge in [0.25, 0.3) is 5.91 Å². The van der Waals surface area contributed by atoms with Crippen LogP contribution < -0.4 is 10.6 Å². The average molecular weight is 446 g/mol. The molecule has 0 aromatic heterocycles. The molecule has 0 spiro atoms. The minimum atomic E-state index is -4.38. The first-order chi connectivity index (χ1) is 13.6. The van der Waals surface area contributed by atoms with Gasteiger partial charge in [-0.2, -0.15) is 13.2 Å². The van der Waals surface area contributed by atoms with Crippen LogP contribution in [0.25, 0.3) is 0 Å². The standard InChI is InChI=1S/C20H22F3N3O3.ClH/c21-20(22,23)14-2-1-3-15(11-14)26-8-6-25(7-9-26)12-18(28)13-4-5-17(27)16(10-13)19(24)29;/h1-5,10-11,18,27-28H,6-9,12H2,(H2,24,29);1H. The maximum absolute atomic E-state index is 12.9. The summed E-state index contributed by atoms with van der Waals surface area (Å²) in [7, 11) is 0. The van der Waals surface area contributed by atoms with Gasteiger partial charge in [0.05, 0.1) is 17.2 Å². The van der Waals surface area contributed by atoms with Crippen LogP contribution in [0.4, 0.5) is 18.9 Å². The number of phenols is 1. The lowest BCUT2D eigenvalue weighted by Crippen LogP contribution is -2.47. The molecular formula is C20H23ClF3N3O3. The molecule has 1 aliphatic heterocycles. The molecule has 0 aliphatic carbocycles. The number of hydrogen-bond acceptors (Lipinski definition) is 5. The van der Waals surface area contributed by atoms with E-state index in [0.717, 1.165) is 12.1 Å². The molecular weight excluding hydrogens is 423 g/mol. The highest BCUT2D eigenvalue weighted by Gasteiger charge is 2.31. The Balaban J connectivity index is 0.00000320. The Morgan fingerprint density at radius 1 is 1.10 bits per heavy atom. The molecule has 1 heterocycles. The average Bonchev–Trinajstić information content (AvgIpc) is 2.68. The van der Waals surface area contributed by atoms with Crippen molar-refractivity contribution in [2.45, 2.75) is 12.3 Å². The molecule has 2 aromatic rings. The smallest absolute Gasteiger partial charge is 0.416 e. The number of halogens is 4. The van der Waals surface area contributed by atoms with E-state index in [1.54, 1.807) is 6.07 Å². The van der Waals surface area contributed by atoms with Crippen molar-refractivity contribution in [1.82, 2.24) is 4.90 Å². The van der Waals surface area contributed by atoms with Gasteiger partial charge in [-0.3, -0.25) is 9.69 Å². The Labute approximate surface area is 178 Å². The minimum absolute atomic E-state index is 0. The molecule has 164 valence electrons. The van der Waals surface area contributed by atoms with Gasteiger partial charge in [-0.15, -0.1) is 12.4 Å². The Morgan fingerprint density at radius 2 is 1.77 bits per heavy atom. The highest BCUT2D eigenvalue weighted by atomic mass is 35.5. The zero-order valence-corrected chi connectivity index (χ0v) is 16.8. The summed E-state index contributed by atoms with van der Waals surface area (Å²) in [5.41, 5.74) is 5.45. The summed E-state index contributed by atoms with van der Waals surface area (Å²) in [6.07, 6.45) is -5.27. The van der Waals surface area contributed by atoms with E-state index in [9.17, 15) is 28.2 Å². The van der Waals surface area contributed by atoms with Crippen LogP contribution in [0.3, 0.4) is 0 Å². The number of carbonyl (C=O) groups is 1. The maximum atomic E-state index is 12.9. The topological polar surface area (TPSA) is 90.0 Å². The fourth-order valence-electron chi connectivity index (χ4n) is 3.38. The van der Waals surface area contributed by atoms with E-state index in [-0.39, 0.29) is 23.7 Å². The lowest BCUT2D eigenvalue weighted by Gasteiger charge is -2.37. The molecule has 1 atom stereocenters. The summed E-state index contributed by atoms with van der Waals surface area (Å²) in [5.74, 6) is -1.03. The number of alkyl halides is 3. The number of hydrogen-bond donors (Lipinski definition) is 3. The van der Waals surface area contributed by atoms with E-state index >= 15 is 0 Å². The summed E-state index contributed by atoms with van der Waals surface area (Å²) >= 11 is 0. The third-order valence-electron chi connectivity index (χ3n) is 5.01. The van der Waals surface area contributed by atoms with Crippen molar-refractivity contribution in [3.63, 3.8) is 0 Å². The Morgan fingerprint density at radius 3 is 2.37 bits per heavy atom. The zero-order chi connectivity index (χ0) is 21.2. The Hall–Kier alpha value is -2.49. The van der Waals surface area contributed by atoms with Crippen molar-refractivity contribution in [2.24, 2.45) is 5.73 Å². The van der Waals surface area contributed by atoms with E-state index < -0.39 is 23.8 Å². The summed E-state index contributed by atoms with van der Waals surface area (Å²) in [4.78, 5) is 15.2. The first-order valence-corrected chi connectivity index (χ1v) is 9.10. The highest BCUT2D eigenvalue weighted by Crippen LogP contribution is 2.32.